The molecule has 19 heavy (non-hydrogen) atoms. The Hall–Kier alpha value is -0.540. The Kier molecular flexibility index (Phi) is 3.86. The van der Waals surface area contributed by atoms with Gasteiger partial charge in [-0.15, -0.1) is 0 Å². The van der Waals surface area contributed by atoms with Crippen LogP contribution >= 0.6 is 15.9 Å². The first-order valence-corrected chi connectivity index (χ1v) is 8.30. The zero-order valence-corrected chi connectivity index (χ0v) is 13.2. The summed E-state index contributed by atoms with van der Waals surface area (Å²) >= 11 is 3.59. The van der Waals surface area contributed by atoms with Gasteiger partial charge in [0.05, 0.1) is 0 Å². The van der Waals surface area contributed by atoms with Crippen molar-refractivity contribution in [2.45, 2.75) is 63.6 Å². The van der Waals surface area contributed by atoms with E-state index in [9.17, 15) is 0 Å². The van der Waals surface area contributed by atoms with Crippen molar-refractivity contribution in [1.29, 1.82) is 0 Å². The van der Waals surface area contributed by atoms with Gasteiger partial charge in [-0.2, -0.15) is 0 Å². The molecule has 0 spiro atoms. The lowest BCUT2D eigenvalue weighted by molar-refractivity contribution is 0.271. The molecule has 2 bridgehead atoms. The lowest BCUT2D eigenvalue weighted by Crippen LogP contribution is -2.55. The predicted octanol–water partition coefficient (Wildman–Crippen LogP) is 3.86. The number of hydrogen-bond donors (Lipinski definition) is 1. The van der Waals surface area contributed by atoms with Crippen molar-refractivity contribution in [1.82, 2.24) is 0 Å². The summed E-state index contributed by atoms with van der Waals surface area (Å²) in [6.45, 7) is 2.25. The first-order chi connectivity index (χ1) is 9.19. The summed E-state index contributed by atoms with van der Waals surface area (Å²) in [6, 6.07) is 8.48. The van der Waals surface area contributed by atoms with Crippen molar-refractivity contribution in [2.75, 3.05) is 4.90 Å². The second-order valence-electron chi connectivity index (χ2n) is 6.00. The van der Waals surface area contributed by atoms with E-state index in [-0.39, 0.29) is 0 Å². The molecule has 1 aromatic carbocycles. The highest BCUT2D eigenvalue weighted by atomic mass is 79.9. The lowest BCUT2D eigenvalue weighted by Gasteiger charge is -2.50. The molecule has 0 aliphatic carbocycles. The van der Waals surface area contributed by atoms with E-state index >= 15 is 0 Å². The maximum Gasteiger partial charge on any atom is 0.0404 e. The second-order valence-corrected chi connectivity index (χ2v) is 6.92. The predicted molar refractivity (Wildman–Crippen MR) is 84.6 cm³/mol. The smallest absolute Gasteiger partial charge is 0.0404 e. The summed E-state index contributed by atoms with van der Waals surface area (Å²) in [5, 5.41) is 0. The molecule has 2 aliphatic heterocycles. The van der Waals surface area contributed by atoms with Gasteiger partial charge in [0.25, 0.3) is 0 Å². The summed E-state index contributed by atoms with van der Waals surface area (Å²) in [5.41, 5.74) is 9.14. The molecule has 0 aromatic heterocycles. The molecule has 2 atom stereocenters. The third-order valence-corrected chi connectivity index (χ3v) is 5.20. The van der Waals surface area contributed by atoms with Gasteiger partial charge in [0.15, 0.2) is 0 Å². The molecular weight excluding hydrogens is 300 g/mol. The van der Waals surface area contributed by atoms with Gasteiger partial charge in [-0.3, -0.25) is 0 Å². The van der Waals surface area contributed by atoms with Gasteiger partial charge in [0.2, 0.25) is 0 Å². The van der Waals surface area contributed by atoms with Crippen molar-refractivity contribution in [3.05, 3.63) is 28.2 Å². The van der Waals surface area contributed by atoms with Gasteiger partial charge in [0, 0.05) is 28.3 Å². The molecule has 2 heterocycles. The van der Waals surface area contributed by atoms with Crippen LogP contribution in [0.1, 0.15) is 44.6 Å². The van der Waals surface area contributed by atoms with Gasteiger partial charge >= 0.3 is 0 Å². The SMILES string of the molecule is CCc1cc(Br)ccc1N1C2CCCC1CC(N)C2. The summed E-state index contributed by atoms with van der Waals surface area (Å²) in [6.07, 6.45) is 7.41. The Bertz CT molecular complexity index is 446. The summed E-state index contributed by atoms with van der Waals surface area (Å²) in [7, 11) is 0. The molecule has 1 aromatic rings. The number of halogens is 1. The summed E-state index contributed by atoms with van der Waals surface area (Å²) < 4.78 is 1.19. The van der Waals surface area contributed by atoms with Crippen LogP contribution in [0.15, 0.2) is 22.7 Å². The number of benzene rings is 1. The van der Waals surface area contributed by atoms with Crippen LogP contribution in [0.2, 0.25) is 0 Å². The number of fused-ring (bicyclic) bond motifs is 2. The van der Waals surface area contributed by atoms with Crippen LogP contribution in [0.25, 0.3) is 0 Å². The van der Waals surface area contributed by atoms with Crippen LogP contribution in [0.4, 0.5) is 5.69 Å². The van der Waals surface area contributed by atoms with E-state index in [1.807, 2.05) is 0 Å². The Morgan fingerprint density at radius 1 is 1.26 bits per heavy atom. The average molecular weight is 323 g/mol. The number of aryl methyl sites for hydroxylation is 1. The van der Waals surface area contributed by atoms with Crippen LogP contribution in [-0.2, 0) is 6.42 Å². The van der Waals surface area contributed by atoms with Crippen LogP contribution in [-0.4, -0.2) is 18.1 Å². The molecule has 2 nitrogen and oxygen atoms in total. The zero-order chi connectivity index (χ0) is 13.4. The quantitative estimate of drug-likeness (QED) is 0.895. The largest absolute Gasteiger partial charge is 0.365 e. The van der Waals surface area contributed by atoms with Crippen molar-refractivity contribution in [3.8, 4) is 0 Å². The highest BCUT2D eigenvalue weighted by Crippen LogP contribution is 2.39. The van der Waals surface area contributed by atoms with Gasteiger partial charge < -0.3 is 10.6 Å². The minimum absolute atomic E-state index is 0.409. The number of anilines is 1. The molecule has 0 amide bonds. The topological polar surface area (TPSA) is 29.3 Å². The van der Waals surface area contributed by atoms with E-state index in [1.165, 1.54) is 35.0 Å². The van der Waals surface area contributed by atoms with Gasteiger partial charge in [0.1, 0.15) is 0 Å². The van der Waals surface area contributed by atoms with E-state index < -0.39 is 0 Å². The Morgan fingerprint density at radius 3 is 2.58 bits per heavy atom. The highest BCUT2D eigenvalue weighted by Gasteiger charge is 2.37. The first-order valence-electron chi connectivity index (χ1n) is 7.51. The standard InChI is InChI=1S/C16H23BrN2/c1-2-11-8-12(17)6-7-16(11)19-14-4-3-5-15(19)10-13(18)9-14/h6-8,13-15H,2-5,9-10,18H2,1H3. The Balaban J connectivity index is 1.97. The molecule has 2 N–H and O–H groups in total. The zero-order valence-electron chi connectivity index (χ0n) is 11.6. The van der Waals surface area contributed by atoms with Gasteiger partial charge in [-0.25, -0.2) is 0 Å². The highest BCUT2D eigenvalue weighted by molar-refractivity contribution is 9.10. The molecule has 2 aliphatic rings. The van der Waals surface area contributed by atoms with Crippen LogP contribution in [0.5, 0.6) is 0 Å². The van der Waals surface area contributed by atoms with E-state index in [4.69, 9.17) is 5.73 Å². The second kappa shape index (κ2) is 5.45. The van der Waals surface area contributed by atoms with Crippen LogP contribution in [0.3, 0.4) is 0 Å². The Labute approximate surface area is 124 Å². The maximum atomic E-state index is 6.23. The normalized spacial score (nSPS) is 30.5. The van der Waals surface area contributed by atoms with Crippen molar-refractivity contribution in [3.63, 3.8) is 0 Å². The summed E-state index contributed by atoms with van der Waals surface area (Å²) in [5.74, 6) is 0. The fourth-order valence-electron chi connectivity index (χ4n) is 3.91. The van der Waals surface area contributed by atoms with Crippen molar-refractivity contribution >= 4 is 21.6 Å². The van der Waals surface area contributed by atoms with E-state index in [0.29, 0.717) is 18.1 Å². The van der Waals surface area contributed by atoms with E-state index in [0.717, 1.165) is 19.3 Å². The third-order valence-electron chi connectivity index (χ3n) is 4.71. The number of nitrogens with two attached hydrogens (primary N) is 1. The van der Waals surface area contributed by atoms with Gasteiger partial charge in [-0.05, 0) is 62.3 Å². The summed E-state index contributed by atoms with van der Waals surface area (Å²) in [4.78, 5) is 2.69. The molecule has 2 saturated heterocycles. The first kappa shape index (κ1) is 13.4. The van der Waals surface area contributed by atoms with Crippen molar-refractivity contribution in [2.24, 2.45) is 5.73 Å². The lowest BCUT2D eigenvalue weighted by atomic mass is 9.81. The molecule has 0 saturated carbocycles. The number of nitrogens with zero attached hydrogens (tertiary/aromatic N) is 1. The fraction of sp³-hybridized carbons (Fsp3) is 0.625. The molecule has 3 rings (SSSR count). The van der Waals surface area contributed by atoms with Crippen LogP contribution < -0.4 is 10.6 Å². The van der Waals surface area contributed by atoms with Gasteiger partial charge in [-0.1, -0.05) is 22.9 Å². The van der Waals surface area contributed by atoms with Crippen LogP contribution in [0, 0.1) is 0 Å². The molecule has 104 valence electrons. The maximum absolute atomic E-state index is 6.23. The minimum Gasteiger partial charge on any atom is -0.365 e. The number of rotatable bonds is 2. The molecular formula is C16H23BrN2. The van der Waals surface area contributed by atoms with Crippen molar-refractivity contribution < 1.29 is 0 Å². The average Bonchev–Trinajstić information content (AvgIpc) is 2.38. The number of piperidine rings is 2. The van der Waals surface area contributed by atoms with E-state index in [2.05, 4.69) is 46.0 Å². The molecule has 3 heteroatoms. The number of hydrogen-bond acceptors (Lipinski definition) is 2. The fourth-order valence-corrected chi connectivity index (χ4v) is 4.31. The minimum atomic E-state index is 0.409. The molecule has 0 radical (unpaired) electrons. The third kappa shape index (κ3) is 2.55. The molecule has 2 fully saturated rings. The molecule has 2 unspecified atom stereocenters. The monoisotopic (exact) mass is 322 g/mol. The van der Waals surface area contributed by atoms with E-state index in [1.54, 1.807) is 0 Å². The Morgan fingerprint density at radius 2 is 1.95 bits per heavy atom.